The molecule has 0 radical (unpaired) electrons. The van der Waals surface area contributed by atoms with Gasteiger partial charge in [0.15, 0.2) is 5.82 Å². The summed E-state index contributed by atoms with van der Waals surface area (Å²) in [6.07, 6.45) is 2.53. The smallest absolute Gasteiger partial charge is 0.238 e. The maximum Gasteiger partial charge on any atom is 0.238 e. The molecule has 31 heavy (non-hydrogen) atoms. The molecule has 3 aromatic rings. The van der Waals surface area contributed by atoms with Gasteiger partial charge in [-0.15, -0.1) is 0 Å². The number of carbonyl (C=O) groups is 1. The maximum atomic E-state index is 11.7. The van der Waals surface area contributed by atoms with E-state index in [4.69, 9.17) is 16.7 Å². The molecule has 9 nitrogen and oxygen atoms in total. The van der Waals surface area contributed by atoms with Crippen molar-refractivity contribution in [2.45, 2.75) is 24.7 Å². The van der Waals surface area contributed by atoms with Gasteiger partial charge in [-0.2, -0.15) is 4.98 Å². The number of aryl methyl sites for hydroxylation is 2. The second-order valence-electron chi connectivity index (χ2n) is 7.09. The molecule has 2 heterocycles. The van der Waals surface area contributed by atoms with Gasteiger partial charge < -0.3 is 16.0 Å². The van der Waals surface area contributed by atoms with E-state index in [0.29, 0.717) is 34.9 Å². The molecule has 0 atom stereocenters. The number of hydrogen-bond donors (Lipinski definition) is 4. The number of carbonyl (C=O) groups excluding carboxylic acids is 1. The molecular formula is C20H19ClN6O3S. The molecule has 0 bridgehead atoms. The van der Waals surface area contributed by atoms with Crippen molar-refractivity contribution in [3.05, 3.63) is 58.7 Å². The Morgan fingerprint density at radius 1 is 1.10 bits per heavy atom. The van der Waals surface area contributed by atoms with Crippen molar-refractivity contribution in [1.82, 2.24) is 9.97 Å². The zero-order valence-corrected chi connectivity index (χ0v) is 18.0. The lowest BCUT2D eigenvalue weighted by Gasteiger charge is -2.18. The van der Waals surface area contributed by atoms with E-state index in [1.54, 1.807) is 19.1 Å². The normalized spacial score (nSPS) is 13.3. The molecule has 1 amide bonds. The summed E-state index contributed by atoms with van der Waals surface area (Å²) < 4.78 is 23.5. The SMILES string of the molecule is Cc1ccc(Nc2ncc(Cl)c(Nc3ccc4c(c3)CCC(=O)N4)n2)cc1S(N)(=O)=O. The minimum atomic E-state index is -3.86. The first-order chi connectivity index (χ1) is 14.7. The fraction of sp³-hybridized carbons (Fsp3) is 0.150. The molecule has 4 rings (SSSR count). The Hall–Kier alpha value is -3.21. The first kappa shape index (κ1) is 21.0. The molecule has 0 unspecified atom stereocenters. The largest absolute Gasteiger partial charge is 0.339 e. The first-order valence-electron chi connectivity index (χ1n) is 9.32. The second kappa shape index (κ2) is 8.14. The van der Waals surface area contributed by atoms with E-state index in [2.05, 4.69) is 25.9 Å². The minimum absolute atomic E-state index is 0.00414. The van der Waals surface area contributed by atoms with Crippen molar-refractivity contribution in [2.75, 3.05) is 16.0 Å². The van der Waals surface area contributed by atoms with Gasteiger partial charge in [0, 0.05) is 23.5 Å². The van der Waals surface area contributed by atoms with Gasteiger partial charge in [0.1, 0.15) is 5.02 Å². The molecule has 0 saturated carbocycles. The number of primary sulfonamides is 1. The zero-order valence-electron chi connectivity index (χ0n) is 16.4. The van der Waals surface area contributed by atoms with E-state index in [0.717, 1.165) is 16.9 Å². The van der Waals surface area contributed by atoms with Gasteiger partial charge in [-0.3, -0.25) is 4.79 Å². The van der Waals surface area contributed by atoms with Crippen LogP contribution in [0, 0.1) is 6.92 Å². The number of rotatable bonds is 5. The van der Waals surface area contributed by atoms with Crippen LogP contribution in [0.1, 0.15) is 17.5 Å². The highest BCUT2D eigenvalue weighted by Crippen LogP contribution is 2.30. The van der Waals surface area contributed by atoms with Crippen molar-refractivity contribution in [3.8, 4) is 0 Å². The first-order valence-corrected chi connectivity index (χ1v) is 11.2. The number of halogens is 1. The molecule has 0 saturated heterocycles. The molecule has 0 spiro atoms. The minimum Gasteiger partial charge on any atom is -0.339 e. The topological polar surface area (TPSA) is 139 Å². The number of nitrogens with one attached hydrogen (secondary N) is 3. The predicted octanol–water partition coefficient (Wildman–Crippen LogP) is 3.46. The molecule has 1 aliphatic heterocycles. The Morgan fingerprint density at radius 3 is 2.61 bits per heavy atom. The highest BCUT2D eigenvalue weighted by Gasteiger charge is 2.16. The van der Waals surface area contributed by atoms with Crippen LogP contribution < -0.4 is 21.1 Å². The highest BCUT2D eigenvalue weighted by molar-refractivity contribution is 7.89. The number of sulfonamides is 1. The molecule has 11 heteroatoms. The standard InChI is InChI=1S/C20H19ClN6O3S/c1-11-2-4-14(9-17(11)31(22,29)30)25-20-23-10-15(21)19(27-20)24-13-5-6-16-12(8-13)3-7-18(28)26-16/h2,4-6,8-10H,3,7H2,1H3,(H,26,28)(H2,22,29,30)(H2,23,24,25,27). The van der Waals surface area contributed by atoms with Crippen LogP contribution in [0.2, 0.25) is 5.02 Å². The van der Waals surface area contributed by atoms with Crippen molar-refractivity contribution < 1.29 is 13.2 Å². The number of nitrogens with zero attached hydrogens (tertiary/aromatic N) is 2. The quantitative estimate of drug-likeness (QED) is 0.459. The molecule has 160 valence electrons. The average Bonchev–Trinajstić information content (AvgIpc) is 2.71. The van der Waals surface area contributed by atoms with E-state index in [1.165, 1.54) is 12.3 Å². The molecule has 2 aromatic carbocycles. The lowest BCUT2D eigenvalue weighted by atomic mass is 10.0. The Kier molecular flexibility index (Phi) is 5.52. The van der Waals surface area contributed by atoms with Crippen LogP contribution in [-0.2, 0) is 21.2 Å². The summed E-state index contributed by atoms with van der Waals surface area (Å²) in [7, 11) is -3.86. The molecule has 1 aromatic heterocycles. The summed E-state index contributed by atoms with van der Waals surface area (Å²) in [4.78, 5) is 20.1. The van der Waals surface area contributed by atoms with Gasteiger partial charge in [-0.25, -0.2) is 18.5 Å². The fourth-order valence-electron chi connectivity index (χ4n) is 3.23. The van der Waals surface area contributed by atoms with Crippen molar-refractivity contribution in [2.24, 2.45) is 5.14 Å². The third-order valence-electron chi connectivity index (χ3n) is 4.76. The van der Waals surface area contributed by atoms with Gasteiger partial charge >= 0.3 is 0 Å². The molecule has 5 N–H and O–H groups in total. The van der Waals surface area contributed by atoms with Crippen LogP contribution in [0.3, 0.4) is 0 Å². The molecule has 0 fully saturated rings. The van der Waals surface area contributed by atoms with E-state index < -0.39 is 10.0 Å². The summed E-state index contributed by atoms with van der Waals surface area (Å²) in [5.41, 5.74) is 3.57. The van der Waals surface area contributed by atoms with E-state index in [1.807, 2.05) is 18.2 Å². The number of amides is 1. The monoisotopic (exact) mass is 458 g/mol. The van der Waals surface area contributed by atoms with Crippen molar-refractivity contribution >= 4 is 56.4 Å². The number of hydrogen-bond acceptors (Lipinski definition) is 7. The summed E-state index contributed by atoms with van der Waals surface area (Å²) in [6.45, 7) is 1.66. The van der Waals surface area contributed by atoms with E-state index in [-0.39, 0.29) is 16.8 Å². The number of anilines is 5. The van der Waals surface area contributed by atoms with Gasteiger partial charge in [0.2, 0.25) is 21.9 Å². The van der Waals surface area contributed by atoms with E-state index >= 15 is 0 Å². The third kappa shape index (κ3) is 4.76. The molecular weight excluding hydrogens is 440 g/mol. The van der Waals surface area contributed by atoms with Gasteiger partial charge in [0.05, 0.1) is 11.1 Å². The number of aromatic nitrogens is 2. The number of nitrogens with two attached hydrogens (primary N) is 1. The Bertz CT molecular complexity index is 1300. The van der Waals surface area contributed by atoms with Crippen LogP contribution in [-0.4, -0.2) is 24.3 Å². The lowest BCUT2D eigenvalue weighted by molar-refractivity contribution is -0.116. The van der Waals surface area contributed by atoms with Crippen molar-refractivity contribution in [1.29, 1.82) is 0 Å². The summed E-state index contributed by atoms with van der Waals surface area (Å²) in [5, 5.41) is 14.5. The van der Waals surface area contributed by atoms with Gasteiger partial charge in [0.25, 0.3) is 0 Å². The maximum absolute atomic E-state index is 11.7. The van der Waals surface area contributed by atoms with Crippen LogP contribution in [0.15, 0.2) is 47.5 Å². The zero-order chi connectivity index (χ0) is 22.2. The lowest BCUT2D eigenvalue weighted by Crippen LogP contribution is -2.18. The molecule has 1 aliphatic rings. The van der Waals surface area contributed by atoms with Crippen LogP contribution in [0.5, 0.6) is 0 Å². The Labute approximate surface area is 184 Å². The summed E-state index contributed by atoms with van der Waals surface area (Å²) in [6, 6.07) is 10.3. The highest BCUT2D eigenvalue weighted by atomic mass is 35.5. The molecule has 0 aliphatic carbocycles. The third-order valence-corrected chi connectivity index (χ3v) is 6.09. The average molecular weight is 459 g/mol. The van der Waals surface area contributed by atoms with Crippen LogP contribution >= 0.6 is 11.6 Å². The van der Waals surface area contributed by atoms with Crippen LogP contribution in [0.25, 0.3) is 0 Å². The second-order valence-corrected chi connectivity index (χ2v) is 9.02. The summed E-state index contributed by atoms with van der Waals surface area (Å²) >= 11 is 6.25. The predicted molar refractivity (Wildman–Crippen MR) is 120 cm³/mol. The van der Waals surface area contributed by atoms with Gasteiger partial charge in [-0.05, 0) is 54.8 Å². The Balaban J connectivity index is 1.58. The van der Waals surface area contributed by atoms with Gasteiger partial charge in [-0.1, -0.05) is 17.7 Å². The Morgan fingerprint density at radius 2 is 1.84 bits per heavy atom. The van der Waals surface area contributed by atoms with Crippen LogP contribution in [0.4, 0.5) is 28.8 Å². The number of benzene rings is 2. The fourth-order valence-corrected chi connectivity index (χ4v) is 4.17. The number of fused-ring (bicyclic) bond motifs is 1. The van der Waals surface area contributed by atoms with E-state index in [9.17, 15) is 13.2 Å². The van der Waals surface area contributed by atoms with Crippen molar-refractivity contribution in [3.63, 3.8) is 0 Å². The summed E-state index contributed by atoms with van der Waals surface area (Å²) in [5.74, 6) is 0.601.